The number of carbonyl (C=O) groups is 2. The Bertz CT molecular complexity index is 293. The Hall–Kier alpha value is -1.10. The van der Waals surface area contributed by atoms with Crippen LogP contribution in [0.15, 0.2) is 0 Å². The standard InChI is InChI=1S/C12H25N3O2/c1-8(14-10(17)11(2,3)4)9(16)15-12(5,6)7-13/h8H,7,13H2,1-6H3,(H,14,17)(H,15,16). The van der Waals surface area contributed by atoms with Gasteiger partial charge in [0, 0.05) is 17.5 Å². The van der Waals surface area contributed by atoms with Crippen molar-refractivity contribution < 1.29 is 9.59 Å². The predicted octanol–water partition coefficient (Wildman–Crippen LogP) is 0.391. The molecule has 4 N–H and O–H groups in total. The largest absolute Gasteiger partial charge is 0.348 e. The third-order valence-corrected chi connectivity index (χ3v) is 2.39. The van der Waals surface area contributed by atoms with Crippen molar-refractivity contribution in [2.45, 2.75) is 53.1 Å². The highest BCUT2D eigenvalue weighted by atomic mass is 16.2. The summed E-state index contributed by atoms with van der Waals surface area (Å²) in [4.78, 5) is 23.5. The maximum absolute atomic E-state index is 11.8. The molecule has 0 heterocycles. The van der Waals surface area contributed by atoms with E-state index in [1.807, 2.05) is 13.8 Å². The zero-order chi connectivity index (χ0) is 13.9. The van der Waals surface area contributed by atoms with E-state index in [-0.39, 0.29) is 11.8 Å². The molecule has 5 nitrogen and oxygen atoms in total. The minimum atomic E-state index is -0.562. The molecule has 0 aliphatic heterocycles. The van der Waals surface area contributed by atoms with Crippen LogP contribution in [0, 0.1) is 5.41 Å². The van der Waals surface area contributed by atoms with Crippen LogP contribution in [0.1, 0.15) is 41.5 Å². The van der Waals surface area contributed by atoms with Crippen LogP contribution in [0.4, 0.5) is 0 Å². The molecular weight excluding hydrogens is 218 g/mol. The molecular formula is C12H25N3O2. The van der Waals surface area contributed by atoms with Gasteiger partial charge in [-0.25, -0.2) is 0 Å². The summed E-state index contributed by atoms with van der Waals surface area (Å²) in [5.41, 5.74) is 4.56. The molecule has 0 bridgehead atoms. The highest BCUT2D eigenvalue weighted by Crippen LogP contribution is 2.12. The molecule has 0 rings (SSSR count). The summed E-state index contributed by atoms with van der Waals surface area (Å²) in [6.45, 7) is 11.1. The summed E-state index contributed by atoms with van der Waals surface area (Å²) in [5, 5.41) is 5.46. The second-order valence-corrected chi connectivity index (χ2v) is 6.02. The molecule has 2 amide bonds. The second kappa shape index (κ2) is 5.49. The molecule has 0 fully saturated rings. The van der Waals surface area contributed by atoms with Crippen molar-refractivity contribution in [2.75, 3.05) is 6.54 Å². The molecule has 0 aliphatic rings. The van der Waals surface area contributed by atoms with Gasteiger partial charge in [0.25, 0.3) is 0 Å². The van der Waals surface area contributed by atoms with Crippen LogP contribution < -0.4 is 16.4 Å². The van der Waals surface area contributed by atoms with E-state index in [1.54, 1.807) is 27.7 Å². The molecule has 1 unspecified atom stereocenters. The van der Waals surface area contributed by atoms with Crippen molar-refractivity contribution in [1.82, 2.24) is 10.6 Å². The minimum absolute atomic E-state index is 0.147. The van der Waals surface area contributed by atoms with E-state index >= 15 is 0 Å². The average molecular weight is 243 g/mol. The van der Waals surface area contributed by atoms with E-state index in [4.69, 9.17) is 5.73 Å². The molecule has 0 aromatic carbocycles. The highest BCUT2D eigenvalue weighted by Gasteiger charge is 2.27. The lowest BCUT2D eigenvalue weighted by atomic mass is 9.95. The molecule has 0 radical (unpaired) electrons. The molecule has 0 spiro atoms. The Morgan fingerprint density at radius 1 is 1.18 bits per heavy atom. The monoisotopic (exact) mass is 243 g/mol. The first kappa shape index (κ1) is 15.9. The first-order chi connectivity index (χ1) is 7.49. The summed E-state index contributed by atoms with van der Waals surface area (Å²) >= 11 is 0. The fourth-order valence-corrected chi connectivity index (χ4v) is 0.971. The summed E-state index contributed by atoms with van der Waals surface area (Å²) in [5.74, 6) is -0.372. The van der Waals surface area contributed by atoms with E-state index in [0.717, 1.165) is 0 Å². The molecule has 0 aliphatic carbocycles. The smallest absolute Gasteiger partial charge is 0.242 e. The Morgan fingerprint density at radius 2 is 1.65 bits per heavy atom. The van der Waals surface area contributed by atoms with Crippen molar-refractivity contribution in [3.63, 3.8) is 0 Å². The molecule has 0 aromatic heterocycles. The molecule has 0 saturated carbocycles. The van der Waals surface area contributed by atoms with Gasteiger partial charge in [-0.3, -0.25) is 9.59 Å². The molecule has 100 valence electrons. The fourth-order valence-electron chi connectivity index (χ4n) is 0.971. The van der Waals surface area contributed by atoms with E-state index in [0.29, 0.717) is 6.54 Å². The third-order valence-electron chi connectivity index (χ3n) is 2.39. The maximum Gasteiger partial charge on any atom is 0.242 e. The average Bonchev–Trinajstić information content (AvgIpc) is 2.15. The van der Waals surface area contributed by atoms with E-state index in [9.17, 15) is 9.59 Å². The van der Waals surface area contributed by atoms with Gasteiger partial charge >= 0.3 is 0 Å². The predicted molar refractivity (Wildman–Crippen MR) is 68.3 cm³/mol. The minimum Gasteiger partial charge on any atom is -0.348 e. The number of nitrogens with two attached hydrogens (primary N) is 1. The molecule has 0 saturated heterocycles. The Kier molecular flexibility index (Phi) is 5.13. The number of hydrogen-bond acceptors (Lipinski definition) is 3. The quantitative estimate of drug-likeness (QED) is 0.668. The molecule has 17 heavy (non-hydrogen) atoms. The van der Waals surface area contributed by atoms with Crippen molar-refractivity contribution in [3.8, 4) is 0 Å². The Balaban J connectivity index is 4.39. The Morgan fingerprint density at radius 3 is 2.00 bits per heavy atom. The lowest BCUT2D eigenvalue weighted by Crippen LogP contribution is -2.55. The van der Waals surface area contributed by atoms with Gasteiger partial charge in [0.2, 0.25) is 11.8 Å². The maximum atomic E-state index is 11.8. The van der Waals surface area contributed by atoms with Crippen LogP contribution in [0.3, 0.4) is 0 Å². The number of nitrogens with one attached hydrogen (secondary N) is 2. The summed E-state index contributed by atoms with van der Waals surface area (Å²) in [7, 11) is 0. The first-order valence-electron chi connectivity index (χ1n) is 5.82. The van der Waals surface area contributed by atoms with Gasteiger partial charge in [0.1, 0.15) is 6.04 Å². The number of rotatable bonds is 4. The van der Waals surface area contributed by atoms with Crippen molar-refractivity contribution in [2.24, 2.45) is 11.1 Å². The van der Waals surface area contributed by atoms with Crippen LogP contribution >= 0.6 is 0 Å². The Labute approximate surface area is 104 Å². The van der Waals surface area contributed by atoms with Gasteiger partial charge in [0.05, 0.1) is 0 Å². The van der Waals surface area contributed by atoms with Gasteiger partial charge in [-0.2, -0.15) is 0 Å². The van der Waals surface area contributed by atoms with Gasteiger partial charge in [-0.05, 0) is 20.8 Å². The first-order valence-corrected chi connectivity index (χ1v) is 5.82. The van der Waals surface area contributed by atoms with Gasteiger partial charge in [0.15, 0.2) is 0 Å². The molecule has 5 heteroatoms. The van der Waals surface area contributed by atoms with Crippen molar-refractivity contribution in [3.05, 3.63) is 0 Å². The van der Waals surface area contributed by atoms with Gasteiger partial charge in [-0.1, -0.05) is 20.8 Å². The summed E-state index contributed by atoms with van der Waals surface area (Å²) in [6, 6.07) is -0.562. The topological polar surface area (TPSA) is 84.2 Å². The molecule has 0 aromatic rings. The fraction of sp³-hybridized carbons (Fsp3) is 0.833. The summed E-state index contributed by atoms with van der Waals surface area (Å²) < 4.78 is 0. The second-order valence-electron chi connectivity index (χ2n) is 6.02. The number of carbonyl (C=O) groups excluding carboxylic acids is 2. The van der Waals surface area contributed by atoms with Gasteiger partial charge < -0.3 is 16.4 Å². The number of hydrogen-bond donors (Lipinski definition) is 3. The zero-order valence-electron chi connectivity index (χ0n) is 11.7. The van der Waals surface area contributed by atoms with Crippen LogP contribution in [0.5, 0.6) is 0 Å². The van der Waals surface area contributed by atoms with E-state index in [1.165, 1.54) is 0 Å². The lowest BCUT2D eigenvalue weighted by molar-refractivity contribution is -0.133. The lowest BCUT2D eigenvalue weighted by Gasteiger charge is -2.27. The molecule has 1 atom stereocenters. The van der Waals surface area contributed by atoms with E-state index in [2.05, 4.69) is 10.6 Å². The highest BCUT2D eigenvalue weighted by molar-refractivity contribution is 5.89. The number of amides is 2. The third kappa shape index (κ3) is 5.68. The van der Waals surface area contributed by atoms with Crippen molar-refractivity contribution in [1.29, 1.82) is 0 Å². The SMILES string of the molecule is CC(NC(=O)C(C)(C)C)C(=O)NC(C)(C)CN. The van der Waals surface area contributed by atoms with Crippen molar-refractivity contribution >= 4 is 11.8 Å². The van der Waals surface area contributed by atoms with Crippen LogP contribution in [0.25, 0.3) is 0 Å². The normalized spacial score (nSPS) is 14.1. The van der Waals surface area contributed by atoms with Crippen LogP contribution in [0.2, 0.25) is 0 Å². The zero-order valence-corrected chi connectivity index (χ0v) is 11.7. The summed E-state index contributed by atoms with van der Waals surface area (Å²) in [6.07, 6.45) is 0. The van der Waals surface area contributed by atoms with Crippen LogP contribution in [-0.2, 0) is 9.59 Å². The van der Waals surface area contributed by atoms with Gasteiger partial charge in [-0.15, -0.1) is 0 Å². The van der Waals surface area contributed by atoms with E-state index < -0.39 is 17.0 Å². The van der Waals surface area contributed by atoms with Crippen LogP contribution in [-0.4, -0.2) is 29.9 Å².